The lowest BCUT2D eigenvalue weighted by atomic mass is 9.69. The number of benzene rings is 1. The molecular formula is C29H38N6OS2. The number of aromatic nitrogens is 3. The van der Waals surface area contributed by atoms with E-state index < -0.39 is 0 Å². The fraction of sp³-hybridized carbons (Fsp3) is 0.517. The summed E-state index contributed by atoms with van der Waals surface area (Å²) in [6.07, 6.45) is 4.12. The van der Waals surface area contributed by atoms with E-state index in [9.17, 15) is 10.1 Å². The van der Waals surface area contributed by atoms with Gasteiger partial charge in [-0.1, -0.05) is 39.0 Å². The lowest BCUT2D eigenvalue weighted by molar-refractivity contribution is -0.113. The second-order valence-corrected chi connectivity index (χ2v) is 12.6. The van der Waals surface area contributed by atoms with E-state index in [0.717, 1.165) is 55.7 Å². The van der Waals surface area contributed by atoms with Crippen LogP contribution in [0.15, 0.2) is 29.4 Å². The number of hydrogen-bond acceptors (Lipinski definition) is 7. The minimum atomic E-state index is -0.135. The van der Waals surface area contributed by atoms with Gasteiger partial charge in [0.15, 0.2) is 11.0 Å². The first-order chi connectivity index (χ1) is 18.2. The van der Waals surface area contributed by atoms with Crippen molar-refractivity contribution in [3.63, 3.8) is 0 Å². The van der Waals surface area contributed by atoms with Gasteiger partial charge in [0.1, 0.15) is 11.1 Å². The van der Waals surface area contributed by atoms with Gasteiger partial charge in [-0.2, -0.15) is 5.26 Å². The first-order valence-electron chi connectivity index (χ1n) is 13.4. The zero-order valence-corrected chi connectivity index (χ0v) is 24.9. The second kappa shape index (κ2) is 11.9. The van der Waals surface area contributed by atoms with Crippen LogP contribution in [0, 0.1) is 22.7 Å². The average Bonchev–Trinajstić information content (AvgIpc) is 3.47. The van der Waals surface area contributed by atoms with E-state index in [1.54, 1.807) is 11.3 Å². The lowest BCUT2D eigenvalue weighted by Crippen LogP contribution is -2.28. The first kappa shape index (κ1) is 28.2. The number of fused-ring (bicyclic) bond motifs is 1. The Balaban J connectivity index is 1.41. The molecule has 4 rings (SSSR count). The zero-order chi connectivity index (χ0) is 27.4. The Labute approximate surface area is 234 Å². The molecule has 38 heavy (non-hydrogen) atoms. The predicted molar refractivity (Wildman–Crippen MR) is 158 cm³/mol. The van der Waals surface area contributed by atoms with Gasteiger partial charge in [-0.05, 0) is 74.3 Å². The fourth-order valence-corrected chi connectivity index (χ4v) is 7.15. The van der Waals surface area contributed by atoms with Crippen LogP contribution in [0.1, 0.15) is 63.5 Å². The number of carbonyl (C=O) groups is 1. The van der Waals surface area contributed by atoms with Gasteiger partial charge in [0, 0.05) is 36.3 Å². The van der Waals surface area contributed by atoms with E-state index in [0.29, 0.717) is 21.6 Å². The van der Waals surface area contributed by atoms with Crippen LogP contribution >= 0.6 is 23.1 Å². The molecule has 1 aliphatic carbocycles. The molecule has 0 fully saturated rings. The number of nitriles is 1. The van der Waals surface area contributed by atoms with Crippen molar-refractivity contribution in [3.8, 4) is 17.5 Å². The van der Waals surface area contributed by atoms with Crippen molar-refractivity contribution in [3.05, 3.63) is 40.3 Å². The van der Waals surface area contributed by atoms with Gasteiger partial charge in [0.05, 0.1) is 11.3 Å². The van der Waals surface area contributed by atoms with Gasteiger partial charge < -0.3 is 14.8 Å². The number of nitrogens with one attached hydrogen (secondary N) is 1. The van der Waals surface area contributed by atoms with Crippen LogP contribution < -0.4 is 10.2 Å². The quantitative estimate of drug-likeness (QED) is 0.289. The molecule has 2 aromatic heterocycles. The molecule has 3 aromatic rings. The number of anilines is 2. The number of thioether (sulfide) groups is 1. The molecule has 0 saturated heterocycles. The standard InChI is InChI=1S/C29H38N6OS2/c1-7-29(4,5)20-12-15-22-23(17-30)27(38-24(22)16-20)31-25(36)18-37-28-33-32-26(34(28)6)19-10-13-21(14-11-19)35(8-2)9-3/h10-11,13-14,20H,7-9,12,15-16,18H2,1-6H3,(H,31,36). The van der Waals surface area contributed by atoms with E-state index in [1.807, 2.05) is 11.6 Å². The molecule has 2 heterocycles. The maximum Gasteiger partial charge on any atom is 0.235 e. The van der Waals surface area contributed by atoms with Crippen LogP contribution in [0.5, 0.6) is 0 Å². The predicted octanol–water partition coefficient (Wildman–Crippen LogP) is 6.53. The van der Waals surface area contributed by atoms with Crippen molar-refractivity contribution in [1.29, 1.82) is 5.26 Å². The van der Waals surface area contributed by atoms with Crippen molar-refractivity contribution in [2.24, 2.45) is 18.4 Å². The van der Waals surface area contributed by atoms with Crippen molar-refractivity contribution in [2.45, 2.75) is 65.5 Å². The lowest BCUT2D eigenvalue weighted by Gasteiger charge is -2.36. The van der Waals surface area contributed by atoms with Crippen LogP contribution in [-0.2, 0) is 24.7 Å². The highest BCUT2D eigenvalue weighted by Gasteiger charge is 2.34. The normalized spacial score (nSPS) is 15.1. The summed E-state index contributed by atoms with van der Waals surface area (Å²) in [6, 6.07) is 10.7. The molecule has 0 radical (unpaired) electrons. The molecule has 9 heteroatoms. The van der Waals surface area contributed by atoms with Crippen molar-refractivity contribution in [1.82, 2.24) is 14.8 Å². The Kier molecular flexibility index (Phi) is 8.84. The maximum absolute atomic E-state index is 12.9. The maximum atomic E-state index is 12.9. The van der Waals surface area contributed by atoms with Gasteiger partial charge in [-0.25, -0.2) is 0 Å². The van der Waals surface area contributed by atoms with E-state index in [2.05, 4.69) is 85.4 Å². The van der Waals surface area contributed by atoms with Crippen molar-refractivity contribution in [2.75, 3.05) is 29.1 Å². The zero-order valence-electron chi connectivity index (χ0n) is 23.3. The van der Waals surface area contributed by atoms with E-state index in [-0.39, 0.29) is 17.1 Å². The van der Waals surface area contributed by atoms with Gasteiger partial charge in [-0.3, -0.25) is 4.79 Å². The molecule has 7 nitrogen and oxygen atoms in total. The highest BCUT2D eigenvalue weighted by Crippen LogP contribution is 2.45. The third kappa shape index (κ3) is 5.76. The summed E-state index contributed by atoms with van der Waals surface area (Å²) in [4.78, 5) is 16.4. The summed E-state index contributed by atoms with van der Waals surface area (Å²) in [5, 5.41) is 22.9. The van der Waals surface area contributed by atoms with Gasteiger partial charge in [0.2, 0.25) is 5.91 Å². The van der Waals surface area contributed by atoms with Gasteiger partial charge in [-0.15, -0.1) is 21.5 Å². The van der Waals surface area contributed by atoms with Crippen LogP contribution in [-0.4, -0.2) is 39.5 Å². The molecule has 0 aliphatic heterocycles. The third-order valence-corrected chi connectivity index (χ3v) is 10.3. The third-order valence-electron chi connectivity index (χ3n) is 8.07. The van der Waals surface area contributed by atoms with E-state index in [1.165, 1.54) is 22.3 Å². The molecular weight excluding hydrogens is 512 g/mol. The molecule has 1 N–H and O–H groups in total. The summed E-state index contributed by atoms with van der Waals surface area (Å²) < 4.78 is 1.92. The summed E-state index contributed by atoms with van der Waals surface area (Å²) in [6.45, 7) is 13.1. The first-order valence-corrected chi connectivity index (χ1v) is 15.2. The summed E-state index contributed by atoms with van der Waals surface area (Å²) in [7, 11) is 1.92. The topological polar surface area (TPSA) is 86.8 Å². The van der Waals surface area contributed by atoms with Gasteiger partial charge >= 0.3 is 0 Å². The Hall–Kier alpha value is -2.83. The summed E-state index contributed by atoms with van der Waals surface area (Å²) in [5.41, 5.74) is 4.22. The monoisotopic (exact) mass is 550 g/mol. The SMILES string of the molecule is CCN(CC)c1ccc(-c2nnc(SCC(=O)Nc3sc4c(c3C#N)CCC(C(C)(C)CC)C4)n2C)cc1. The molecule has 202 valence electrons. The van der Waals surface area contributed by atoms with E-state index in [4.69, 9.17) is 0 Å². The van der Waals surface area contributed by atoms with Crippen molar-refractivity contribution < 1.29 is 4.79 Å². The number of amides is 1. The van der Waals surface area contributed by atoms with Gasteiger partial charge in [0.25, 0.3) is 0 Å². The number of hydrogen-bond donors (Lipinski definition) is 1. The Morgan fingerprint density at radius 1 is 1.24 bits per heavy atom. The number of carbonyl (C=O) groups excluding carboxylic acids is 1. The van der Waals surface area contributed by atoms with Crippen LogP contribution in [0.3, 0.4) is 0 Å². The van der Waals surface area contributed by atoms with Crippen LogP contribution in [0.25, 0.3) is 11.4 Å². The minimum Gasteiger partial charge on any atom is -0.372 e. The summed E-state index contributed by atoms with van der Waals surface area (Å²) in [5.74, 6) is 1.43. The largest absolute Gasteiger partial charge is 0.372 e. The van der Waals surface area contributed by atoms with Crippen LogP contribution in [0.4, 0.5) is 10.7 Å². The Morgan fingerprint density at radius 2 is 1.95 bits per heavy atom. The van der Waals surface area contributed by atoms with Crippen LogP contribution in [0.2, 0.25) is 0 Å². The molecule has 1 aromatic carbocycles. The molecule has 0 saturated carbocycles. The highest BCUT2D eigenvalue weighted by molar-refractivity contribution is 7.99. The van der Waals surface area contributed by atoms with Crippen molar-refractivity contribution >= 4 is 39.7 Å². The molecule has 0 bridgehead atoms. The highest BCUT2D eigenvalue weighted by atomic mass is 32.2. The molecule has 1 atom stereocenters. The Morgan fingerprint density at radius 3 is 2.58 bits per heavy atom. The molecule has 1 amide bonds. The summed E-state index contributed by atoms with van der Waals surface area (Å²) >= 11 is 2.93. The average molecular weight is 551 g/mol. The molecule has 0 spiro atoms. The molecule has 1 unspecified atom stereocenters. The minimum absolute atomic E-state index is 0.135. The Bertz CT molecular complexity index is 1310. The smallest absolute Gasteiger partial charge is 0.235 e. The molecule has 1 aliphatic rings. The second-order valence-electron chi connectivity index (χ2n) is 10.5. The number of nitrogens with zero attached hydrogens (tertiary/aromatic N) is 5. The number of rotatable bonds is 10. The fourth-order valence-electron chi connectivity index (χ4n) is 5.14. The van der Waals surface area contributed by atoms with E-state index >= 15 is 0 Å². The number of thiophene rings is 1.